The molecule has 0 saturated carbocycles. The van der Waals surface area contributed by atoms with E-state index in [0.29, 0.717) is 17.2 Å². The first-order chi connectivity index (χ1) is 14.6. The maximum atomic E-state index is 11.1. The monoisotopic (exact) mass is 396 g/mol. The third-order valence-electron chi connectivity index (χ3n) is 4.43. The Bertz CT molecular complexity index is 1200. The predicted octanol–water partition coefficient (Wildman–Crippen LogP) is 4.77. The van der Waals surface area contributed by atoms with E-state index in [2.05, 4.69) is 15.4 Å². The maximum Gasteiger partial charge on any atom is 0.221 e. The lowest BCUT2D eigenvalue weighted by Crippen LogP contribution is -2.05. The number of hydrogen-bond donors (Lipinski definition) is 2. The molecular weight excluding hydrogens is 376 g/mol. The van der Waals surface area contributed by atoms with Gasteiger partial charge >= 0.3 is 0 Å². The maximum absolute atomic E-state index is 11.1. The fraction of sp³-hybridized carbons (Fsp3) is 0.0417. The second-order valence-corrected chi connectivity index (χ2v) is 6.69. The lowest BCUT2D eigenvalue weighted by molar-refractivity contribution is -0.114. The van der Waals surface area contributed by atoms with Gasteiger partial charge < -0.3 is 10.4 Å². The fourth-order valence-electron chi connectivity index (χ4n) is 3.04. The first-order valence-electron chi connectivity index (χ1n) is 9.47. The summed E-state index contributed by atoms with van der Waals surface area (Å²) in [6.45, 7) is 1.48. The molecule has 6 nitrogen and oxygen atoms in total. The molecule has 0 saturated heterocycles. The van der Waals surface area contributed by atoms with Gasteiger partial charge in [-0.05, 0) is 48.0 Å². The zero-order chi connectivity index (χ0) is 20.9. The second-order valence-electron chi connectivity index (χ2n) is 6.69. The zero-order valence-electron chi connectivity index (χ0n) is 16.4. The van der Waals surface area contributed by atoms with Gasteiger partial charge in [0.15, 0.2) is 11.6 Å². The van der Waals surface area contributed by atoms with E-state index in [9.17, 15) is 9.90 Å². The number of benzene rings is 3. The van der Waals surface area contributed by atoms with Crippen LogP contribution in [-0.2, 0) is 4.79 Å². The van der Waals surface area contributed by atoms with Crippen molar-refractivity contribution in [3.8, 4) is 22.8 Å². The number of phenols is 1. The second kappa shape index (κ2) is 8.45. The van der Waals surface area contributed by atoms with Crippen LogP contribution in [-0.4, -0.2) is 25.8 Å². The third-order valence-corrected chi connectivity index (χ3v) is 4.43. The van der Waals surface area contributed by atoms with Crippen molar-refractivity contribution in [2.45, 2.75) is 6.92 Å². The molecule has 3 aromatic carbocycles. The number of amides is 1. The number of para-hydroxylation sites is 2. The molecule has 0 unspecified atom stereocenters. The van der Waals surface area contributed by atoms with Crippen LogP contribution in [0.3, 0.4) is 0 Å². The molecule has 0 atom stereocenters. The Morgan fingerprint density at radius 1 is 0.933 bits per heavy atom. The molecule has 0 fully saturated rings. The molecule has 30 heavy (non-hydrogen) atoms. The van der Waals surface area contributed by atoms with Gasteiger partial charge in [-0.25, -0.2) is 9.67 Å². The predicted molar refractivity (Wildman–Crippen MR) is 118 cm³/mol. The van der Waals surface area contributed by atoms with Crippen molar-refractivity contribution in [1.82, 2.24) is 14.8 Å². The van der Waals surface area contributed by atoms with Crippen molar-refractivity contribution < 1.29 is 9.90 Å². The van der Waals surface area contributed by atoms with Gasteiger partial charge in [0.25, 0.3) is 0 Å². The minimum atomic E-state index is -0.106. The third kappa shape index (κ3) is 4.28. The van der Waals surface area contributed by atoms with Gasteiger partial charge in [0.05, 0.1) is 11.3 Å². The van der Waals surface area contributed by atoms with Crippen molar-refractivity contribution in [3.63, 3.8) is 0 Å². The first kappa shape index (κ1) is 19.1. The summed E-state index contributed by atoms with van der Waals surface area (Å²) >= 11 is 0. The highest BCUT2D eigenvalue weighted by Gasteiger charge is 2.15. The number of anilines is 1. The molecule has 0 spiro atoms. The molecule has 4 aromatic rings. The van der Waals surface area contributed by atoms with E-state index in [-0.39, 0.29) is 11.7 Å². The first-order valence-corrected chi connectivity index (χ1v) is 9.47. The van der Waals surface area contributed by atoms with Crippen LogP contribution in [0.1, 0.15) is 18.3 Å². The number of nitrogens with one attached hydrogen (secondary N) is 1. The Balaban J connectivity index is 1.68. The molecule has 1 amide bonds. The number of carbonyl (C=O) groups excluding carboxylic acids is 1. The number of rotatable bonds is 5. The van der Waals surface area contributed by atoms with E-state index >= 15 is 0 Å². The average molecular weight is 396 g/mol. The normalized spacial score (nSPS) is 11.0. The molecule has 2 N–H and O–H groups in total. The summed E-state index contributed by atoms with van der Waals surface area (Å²) in [6.07, 6.45) is 3.72. The Morgan fingerprint density at radius 3 is 2.33 bits per heavy atom. The van der Waals surface area contributed by atoms with Crippen LogP contribution in [0.2, 0.25) is 0 Å². The standard InChI is InChI=1S/C24H20N4O2/c1-17(29)25-19-14-11-18(12-15-19)13-16-23-26-24(21-9-5-6-10-22(21)30)28(27-23)20-7-3-2-4-8-20/h2-16,30H,1H3,(H,25,29)/b16-13+. The van der Waals surface area contributed by atoms with Crippen LogP contribution in [0.5, 0.6) is 5.75 Å². The molecular formula is C24H20N4O2. The lowest BCUT2D eigenvalue weighted by Gasteiger charge is -2.06. The number of hydrogen-bond acceptors (Lipinski definition) is 4. The molecule has 1 heterocycles. The summed E-state index contributed by atoms with van der Waals surface area (Å²) in [5, 5.41) is 17.7. The van der Waals surface area contributed by atoms with E-state index in [1.165, 1.54) is 6.92 Å². The summed E-state index contributed by atoms with van der Waals surface area (Å²) in [7, 11) is 0. The Labute approximate surface area is 174 Å². The molecule has 148 valence electrons. The van der Waals surface area contributed by atoms with Gasteiger partial charge in [0.2, 0.25) is 5.91 Å². The van der Waals surface area contributed by atoms with Gasteiger partial charge in [0.1, 0.15) is 5.75 Å². The van der Waals surface area contributed by atoms with Crippen LogP contribution in [0, 0.1) is 0 Å². The summed E-state index contributed by atoms with van der Waals surface area (Å²) in [5.74, 6) is 1.11. The number of nitrogens with zero attached hydrogens (tertiary/aromatic N) is 3. The summed E-state index contributed by atoms with van der Waals surface area (Å²) in [5.41, 5.74) is 3.15. The largest absolute Gasteiger partial charge is 0.507 e. The van der Waals surface area contributed by atoms with Crippen molar-refractivity contribution in [1.29, 1.82) is 0 Å². The van der Waals surface area contributed by atoms with Gasteiger partial charge in [-0.3, -0.25) is 4.79 Å². The smallest absolute Gasteiger partial charge is 0.221 e. The van der Waals surface area contributed by atoms with Gasteiger partial charge in [0, 0.05) is 12.6 Å². The number of aromatic hydroxyl groups is 1. The highest BCUT2D eigenvalue weighted by molar-refractivity contribution is 5.88. The van der Waals surface area contributed by atoms with Crippen LogP contribution < -0.4 is 5.32 Å². The number of aromatic nitrogens is 3. The zero-order valence-corrected chi connectivity index (χ0v) is 16.4. The molecule has 0 aliphatic carbocycles. The minimum Gasteiger partial charge on any atom is -0.507 e. The highest BCUT2D eigenvalue weighted by Crippen LogP contribution is 2.29. The molecule has 0 aliphatic heterocycles. The average Bonchev–Trinajstić information content (AvgIpc) is 3.18. The Kier molecular flexibility index (Phi) is 5.39. The molecule has 0 radical (unpaired) electrons. The van der Waals surface area contributed by atoms with Gasteiger partial charge in [-0.15, -0.1) is 5.10 Å². The van der Waals surface area contributed by atoms with Gasteiger partial charge in [-0.1, -0.05) is 48.5 Å². The Hall–Kier alpha value is -4.19. The van der Waals surface area contributed by atoms with Crippen LogP contribution in [0.15, 0.2) is 78.9 Å². The van der Waals surface area contributed by atoms with Crippen molar-refractivity contribution >= 4 is 23.7 Å². The number of carbonyl (C=O) groups is 1. The van der Waals surface area contributed by atoms with E-state index < -0.39 is 0 Å². The lowest BCUT2D eigenvalue weighted by atomic mass is 10.2. The van der Waals surface area contributed by atoms with E-state index in [1.54, 1.807) is 16.8 Å². The summed E-state index contributed by atoms with van der Waals surface area (Å²) < 4.78 is 1.72. The van der Waals surface area contributed by atoms with Crippen LogP contribution in [0.25, 0.3) is 29.2 Å². The molecule has 4 rings (SSSR count). The van der Waals surface area contributed by atoms with Crippen LogP contribution in [0.4, 0.5) is 5.69 Å². The van der Waals surface area contributed by atoms with E-state index in [4.69, 9.17) is 0 Å². The topological polar surface area (TPSA) is 80.0 Å². The Morgan fingerprint density at radius 2 is 1.63 bits per heavy atom. The minimum absolute atomic E-state index is 0.106. The molecule has 0 aliphatic rings. The van der Waals surface area contributed by atoms with Crippen LogP contribution >= 0.6 is 0 Å². The van der Waals surface area contributed by atoms with Crippen molar-refractivity contribution in [2.24, 2.45) is 0 Å². The quantitative estimate of drug-likeness (QED) is 0.509. The highest BCUT2D eigenvalue weighted by atomic mass is 16.3. The summed E-state index contributed by atoms with van der Waals surface area (Å²) in [6, 6.07) is 24.2. The SMILES string of the molecule is CC(=O)Nc1ccc(/C=C/c2nc(-c3ccccc3O)n(-c3ccccc3)n2)cc1. The van der Waals surface area contributed by atoms with Gasteiger partial charge in [-0.2, -0.15) is 0 Å². The summed E-state index contributed by atoms with van der Waals surface area (Å²) in [4.78, 5) is 15.8. The van der Waals surface area contributed by atoms with Crippen molar-refractivity contribution in [2.75, 3.05) is 5.32 Å². The molecule has 0 bridgehead atoms. The van der Waals surface area contributed by atoms with Crippen molar-refractivity contribution in [3.05, 3.63) is 90.3 Å². The van der Waals surface area contributed by atoms with E-state index in [0.717, 1.165) is 16.9 Å². The van der Waals surface area contributed by atoms with E-state index in [1.807, 2.05) is 78.9 Å². The molecule has 1 aromatic heterocycles. The molecule has 6 heteroatoms. The number of phenolic OH excluding ortho intramolecular Hbond substituents is 1. The fourth-order valence-corrected chi connectivity index (χ4v) is 3.04.